The summed E-state index contributed by atoms with van der Waals surface area (Å²) in [6, 6.07) is 13.1. The van der Waals surface area contributed by atoms with E-state index in [9.17, 15) is 14.4 Å². The van der Waals surface area contributed by atoms with Crippen LogP contribution in [0.1, 0.15) is 18.1 Å². The van der Waals surface area contributed by atoms with Crippen LogP contribution in [0.3, 0.4) is 0 Å². The van der Waals surface area contributed by atoms with Crippen molar-refractivity contribution in [1.82, 2.24) is 4.90 Å². The molecule has 9 heteroatoms. The average molecular weight is 492 g/mol. The minimum Gasteiger partial charge on any atom is -0.490 e. The van der Waals surface area contributed by atoms with Crippen molar-refractivity contribution >= 4 is 50.9 Å². The van der Waals surface area contributed by atoms with Crippen LogP contribution in [0.25, 0.3) is 6.08 Å². The van der Waals surface area contributed by atoms with Crippen molar-refractivity contribution in [3.05, 3.63) is 63.0 Å². The van der Waals surface area contributed by atoms with Crippen molar-refractivity contribution in [2.45, 2.75) is 13.5 Å². The zero-order chi connectivity index (χ0) is 21.7. The van der Waals surface area contributed by atoms with Crippen LogP contribution >= 0.6 is 27.7 Å². The van der Waals surface area contributed by atoms with Gasteiger partial charge in [-0.25, -0.2) is 0 Å². The first-order chi connectivity index (χ1) is 14.4. The number of benzene rings is 2. The second-order valence-electron chi connectivity index (χ2n) is 6.19. The highest BCUT2D eigenvalue weighted by atomic mass is 79.9. The van der Waals surface area contributed by atoms with Gasteiger partial charge in [-0.15, -0.1) is 0 Å². The summed E-state index contributed by atoms with van der Waals surface area (Å²) in [5, 5.41) is 8.26. The summed E-state index contributed by atoms with van der Waals surface area (Å²) in [5.41, 5.74) is 1.61. The predicted molar refractivity (Wildman–Crippen MR) is 116 cm³/mol. The van der Waals surface area contributed by atoms with Gasteiger partial charge in [0, 0.05) is 4.47 Å². The fraction of sp³-hybridized carbons (Fsp3) is 0.190. The molecule has 0 saturated carbocycles. The van der Waals surface area contributed by atoms with E-state index in [0.717, 1.165) is 5.56 Å². The van der Waals surface area contributed by atoms with E-state index in [1.165, 1.54) is 6.08 Å². The van der Waals surface area contributed by atoms with E-state index in [4.69, 9.17) is 14.6 Å². The van der Waals surface area contributed by atoms with Crippen molar-refractivity contribution in [2.75, 3.05) is 13.2 Å². The molecule has 0 aliphatic carbocycles. The molecule has 0 spiro atoms. The number of aliphatic carboxylic acids is 1. The number of imide groups is 1. The molecular formula is C21H18BrNO6S. The molecule has 2 aromatic carbocycles. The molecule has 0 atom stereocenters. The molecule has 2 aromatic rings. The summed E-state index contributed by atoms with van der Waals surface area (Å²) in [6.45, 7) is 1.96. The normalized spacial score (nSPS) is 15.0. The number of ether oxygens (including phenoxy) is 2. The number of rotatable bonds is 8. The lowest BCUT2D eigenvalue weighted by molar-refractivity contribution is -0.140. The number of hydrogen-bond donors (Lipinski definition) is 1. The van der Waals surface area contributed by atoms with Crippen LogP contribution in [-0.2, 0) is 16.2 Å². The van der Waals surface area contributed by atoms with Crippen LogP contribution in [0, 0.1) is 0 Å². The van der Waals surface area contributed by atoms with Gasteiger partial charge >= 0.3 is 5.97 Å². The van der Waals surface area contributed by atoms with Gasteiger partial charge in [0.1, 0.15) is 13.2 Å². The first-order valence-electron chi connectivity index (χ1n) is 8.99. The molecule has 7 nitrogen and oxygen atoms in total. The van der Waals surface area contributed by atoms with Gasteiger partial charge < -0.3 is 14.6 Å². The highest BCUT2D eigenvalue weighted by Crippen LogP contribution is 2.38. The molecule has 1 aliphatic heterocycles. The van der Waals surface area contributed by atoms with E-state index < -0.39 is 23.7 Å². The lowest BCUT2D eigenvalue weighted by atomic mass is 10.1. The predicted octanol–water partition coefficient (Wildman–Crippen LogP) is 4.55. The van der Waals surface area contributed by atoms with Crippen LogP contribution in [0.5, 0.6) is 11.5 Å². The molecule has 0 aromatic heterocycles. The van der Waals surface area contributed by atoms with Crippen LogP contribution < -0.4 is 9.47 Å². The summed E-state index contributed by atoms with van der Waals surface area (Å²) < 4.78 is 12.2. The number of carbonyl (C=O) groups excluding carboxylic acids is 2. The molecule has 0 unspecified atom stereocenters. The smallest absolute Gasteiger partial charge is 0.323 e. The number of nitrogens with zero attached hydrogens (tertiary/aromatic N) is 1. The van der Waals surface area contributed by atoms with Crippen LogP contribution in [-0.4, -0.2) is 40.3 Å². The standard InChI is InChI=1S/C21H18BrNO6S/c1-2-28-16-8-14(9-18-20(26)23(11-19(24)25)21(27)30-18)15(22)10-17(16)29-12-13-6-4-3-5-7-13/h3-10H,2,11-12H2,1H3,(H,24,25)/b18-9+. The van der Waals surface area contributed by atoms with Gasteiger partial charge in [0.2, 0.25) is 0 Å². The zero-order valence-electron chi connectivity index (χ0n) is 16.0. The third kappa shape index (κ3) is 5.22. The van der Waals surface area contributed by atoms with Crippen molar-refractivity contribution in [2.24, 2.45) is 0 Å². The lowest BCUT2D eigenvalue weighted by Gasteiger charge is -2.14. The number of carboxylic acid groups (broad SMARTS) is 1. The van der Waals surface area contributed by atoms with Gasteiger partial charge in [0.05, 0.1) is 11.5 Å². The molecule has 2 amide bonds. The Hall–Kier alpha value is -2.78. The molecular weight excluding hydrogens is 474 g/mol. The molecule has 1 heterocycles. The van der Waals surface area contributed by atoms with E-state index >= 15 is 0 Å². The molecule has 1 fully saturated rings. The first-order valence-corrected chi connectivity index (χ1v) is 10.6. The van der Waals surface area contributed by atoms with E-state index in [-0.39, 0.29) is 4.91 Å². The van der Waals surface area contributed by atoms with Crippen LogP contribution in [0.2, 0.25) is 0 Å². The molecule has 1 N–H and O–H groups in total. The summed E-state index contributed by atoms with van der Waals surface area (Å²) in [7, 11) is 0. The Morgan fingerprint density at radius 1 is 1.17 bits per heavy atom. The lowest BCUT2D eigenvalue weighted by Crippen LogP contribution is -2.33. The monoisotopic (exact) mass is 491 g/mol. The second-order valence-corrected chi connectivity index (χ2v) is 8.04. The quantitative estimate of drug-likeness (QED) is 0.541. The number of carboxylic acids is 1. The molecule has 156 valence electrons. The number of hydrogen-bond acceptors (Lipinski definition) is 6. The van der Waals surface area contributed by atoms with Crippen LogP contribution in [0.15, 0.2) is 51.8 Å². The van der Waals surface area contributed by atoms with Crippen molar-refractivity contribution in [1.29, 1.82) is 0 Å². The molecule has 30 heavy (non-hydrogen) atoms. The summed E-state index contributed by atoms with van der Waals surface area (Å²) in [5.74, 6) is -0.865. The maximum Gasteiger partial charge on any atom is 0.323 e. The van der Waals surface area contributed by atoms with Gasteiger partial charge in [0.15, 0.2) is 11.5 Å². The van der Waals surface area contributed by atoms with Gasteiger partial charge in [-0.05, 0) is 48.0 Å². The van der Waals surface area contributed by atoms with Crippen LogP contribution in [0.4, 0.5) is 4.79 Å². The Morgan fingerprint density at radius 2 is 1.87 bits per heavy atom. The number of thioether (sulfide) groups is 1. The molecule has 1 aliphatic rings. The van der Waals surface area contributed by atoms with E-state index in [1.807, 2.05) is 37.3 Å². The third-order valence-electron chi connectivity index (χ3n) is 4.05. The molecule has 1 saturated heterocycles. The minimum atomic E-state index is -1.25. The Morgan fingerprint density at radius 3 is 2.53 bits per heavy atom. The second kappa shape index (κ2) is 9.82. The van der Waals surface area contributed by atoms with Gasteiger partial charge in [0.25, 0.3) is 11.1 Å². The van der Waals surface area contributed by atoms with Crippen molar-refractivity contribution < 1.29 is 29.0 Å². The third-order valence-corrected chi connectivity index (χ3v) is 5.65. The Labute approximate surface area is 185 Å². The topological polar surface area (TPSA) is 93.1 Å². The largest absolute Gasteiger partial charge is 0.490 e. The maximum atomic E-state index is 12.4. The number of amides is 2. The van der Waals surface area contributed by atoms with Gasteiger partial charge in [-0.2, -0.15) is 0 Å². The van der Waals surface area contributed by atoms with Crippen molar-refractivity contribution in [3.8, 4) is 11.5 Å². The minimum absolute atomic E-state index is 0.141. The Balaban J connectivity index is 1.86. The number of halogens is 1. The zero-order valence-corrected chi connectivity index (χ0v) is 18.4. The molecule has 3 rings (SSSR count). The molecule has 0 radical (unpaired) electrons. The summed E-state index contributed by atoms with van der Waals surface area (Å²) in [4.78, 5) is 36.1. The SMILES string of the molecule is CCOc1cc(/C=C2/SC(=O)N(CC(=O)O)C2=O)c(Br)cc1OCc1ccccc1. The highest BCUT2D eigenvalue weighted by Gasteiger charge is 2.36. The first kappa shape index (κ1) is 21.9. The van der Waals surface area contributed by atoms with E-state index in [2.05, 4.69) is 15.9 Å². The fourth-order valence-corrected chi connectivity index (χ4v) is 3.96. The van der Waals surface area contributed by atoms with E-state index in [1.54, 1.807) is 12.1 Å². The fourth-order valence-electron chi connectivity index (χ4n) is 2.69. The Kier molecular flexibility index (Phi) is 7.17. The summed E-state index contributed by atoms with van der Waals surface area (Å²) in [6.07, 6.45) is 1.53. The average Bonchev–Trinajstić information content (AvgIpc) is 2.97. The van der Waals surface area contributed by atoms with Gasteiger partial charge in [-0.3, -0.25) is 19.3 Å². The summed E-state index contributed by atoms with van der Waals surface area (Å²) >= 11 is 4.16. The maximum absolute atomic E-state index is 12.4. The van der Waals surface area contributed by atoms with Gasteiger partial charge in [-0.1, -0.05) is 46.3 Å². The van der Waals surface area contributed by atoms with Crippen molar-refractivity contribution in [3.63, 3.8) is 0 Å². The number of carbonyl (C=O) groups is 3. The Bertz CT molecular complexity index is 1010. The highest BCUT2D eigenvalue weighted by molar-refractivity contribution is 9.10. The molecule has 0 bridgehead atoms. The van der Waals surface area contributed by atoms with E-state index in [0.29, 0.717) is 51.4 Å².